The van der Waals surface area contributed by atoms with Crippen molar-refractivity contribution in [3.05, 3.63) is 57.5 Å². The summed E-state index contributed by atoms with van der Waals surface area (Å²) < 4.78 is 11.4. The molecule has 30 heavy (non-hydrogen) atoms. The van der Waals surface area contributed by atoms with Gasteiger partial charge in [-0.05, 0) is 87.5 Å². The van der Waals surface area contributed by atoms with Gasteiger partial charge in [-0.15, -0.1) is 0 Å². The molecule has 158 valence electrons. The highest BCUT2D eigenvalue weighted by Crippen LogP contribution is 2.55. The van der Waals surface area contributed by atoms with E-state index >= 15 is 0 Å². The molecular formula is C23H26N2O5. The molecule has 1 N–H and O–H groups in total. The predicted octanol–water partition coefficient (Wildman–Crippen LogP) is 4.77. The van der Waals surface area contributed by atoms with Gasteiger partial charge in [0.1, 0.15) is 18.1 Å². The van der Waals surface area contributed by atoms with E-state index in [2.05, 4.69) is 5.32 Å². The summed E-state index contributed by atoms with van der Waals surface area (Å²) in [4.78, 5) is 23.4. The molecular weight excluding hydrogens is 384 g/mol. The average Bonchev–Trinajstić information content (AvgIpc) is 3.14. The van der Waals surface area contributed by atoms with Gasteiger partial charge in [0.15, 0.2) is 5.76 Å². The van der Waals surface area contributed by atoms with Crippen molar-refractivity contribution in [2.24, 2.45) is 17.8 Å². The van der Waals surface area contributed by atoms with Crippen molar-refractivity contribution in [3.8, 4) is 5.75 Å². The van der Waals surface area contributed by atoms with Gasteiger partial charge in [0.2, 0.25) is 0 Å². The summed E-state index contributed by atoms with van der Waals surface area (Å²) >= 11 is 0. The predicted molar refractivity (Wildman–Crippen MR) is 109 cm³/mol. The van der Waals surface area contributed by atoms with E-state index in [0.717, 1.165) is 37.0 Å². The molecule has 1 heterocycles. The number of rotatable bonds is 6. The van der Waals surface area contributed by atoms with Gasteiger partial charge < -0.3 is 14.5 Å². The van der Waals surface area contributed by atoms with Gasteiger partial charge in [-0.2, -0.15) is 0 Å². The fraction of sp³-hybridized carbons (Fsp3) is 0.522. The molecule has 1 aromatic carbocycles. The number of amides is 1. The molecule has 7 nitrogen and oxygen atoms in total. The molecule has 0 aliphatic heterocycles. The van der Waals surface area contributed by atoms with Crippen LogP contribution in [0.15, 0.2) is 34.7 Å². The molecule has 4 bridgehead atoms. The third-order valence-corrected chi connectivity index (χ3v) is 7.05. The zero-order chi connectivity index (χ0) is 20.9. The fourth-order valence-corrected chi connectivity index (χ4v) is 6.22. The number of benzene rings is 1. The van der Waals surface area contributed by atoms with Gasteiger partial charge >= 0.3 is 0 Å². The third kappa shape index (κ3) is 3.57. The van der Waals surface area contributed by atoms with E-state index < -0.39 is 4.92 Å². The molecule has 4 aliphatic rings. The quantitative estimate of drug-likeness (QED) is 0.547. The van der Waals surface area contributed by atoms with Crippen LogP contribution < -0.4 is 10.1 Å². The first-order valence-corrected chi connectivity index (χ1v) is 10.7. The number of carbonyl (C=O) groups is 1. The summed E-state index contributed by atoms with van der Waals surface area (Å²) in [5.41, 5.74) is 0.544. The summed E-state index contributed by atoms with van der Waals surface area (Å²) in [6, 6.07) is 8.05. The second-order valence-electron chi connectivity index (χ2n) is 9.41. The van der Waals surface area contributed by atoms with Crippen LogP contribution in [0.3, 0.4) is 0 Å². The van der Waals surface area contributed by atoms with Crippen molar-refractivity contribution < 1.29 is 18.9 Å². The number of nitrogens with one attached hydrogen (secondary N) is 1. The Hall–Kier alpha value is -2.83. The van der Waals surface area contributed by atoms with Crippen LogP contribution in [0, 0.1) is 34.8 Å². The molecule has 6 rings (SSSR count). The monoisotopic (exact) mass is 410 g/mol. The Balaban J connectivity index is 1.21. The van der Waals surface area contributed by atoms with Gasteiger partial charge in [0.25, 0.3) is 11.6 Å². The Morgan fingerprint density at radius 1 is 1.17 bits per heavy atom. The number of ether oxygens (including phenoxy) is 1. The minimum Gasteiger partial charge on any atom is -0.486 e. The lowest BCUT2D eigenvalue weighted by Gasteiger charge is -2.56. The molecule has 1 amide bonds. The standard InChI is InChI=1S/C23H26N2O5/c1-14-6-18(2-4-20(14)25(27)28)29-13-19-3-5-21(30-19)22(26)24-23-10-15-7-16(11-23)9-17(8-15)12-23/h2-6,15-17H,7-13H2,1H3,(H,24,26). The first-order valence-electron chi connectivity index (χ1n) is 10.7. The Labute approximate surface area is 174 Å². The second kappa shape index (κ2) is 7.15. The Kier molecular flexibility index (Phi) is 4.56. The summed E-state index contributed by atoms with van der Waals surface area (Å²) in [5.74, 6) is 3.53. The van der Waals surface area contributed by atoms with E-state index in [9.17, 15) is 14.9 Å². The Bertz CT molecular complexity index is 960. The first-order chi connectivity index (χ1) is 14.4. The topological polar surface area (TPSA) is 94.6 Å². The molecule has 0 radical (unpaired) electrons. The molecule has 0 atom stereocenters. The van der Waals surface area contributed by atoms with Crippen LogP contribution in [0.4, 0.5) is 5.69 Å². The number of carbonyl (C=O) groups excluding carboxylic acids is 1. The smallest absolute Gasteiger partial charge is 0.287 e. The molecule has 4 saturated carbocycles. The lowest BCUT2D eigenvalue weighted by Crippen LogP contribution is -2.59. The largest absolute Gasteiger partial charge is 0.486 e. The maximum atomic E-state index is 12.9. The fourth-order valence-electron chi connectivity index (χ4n) is 6.22. The number of aryl methyl sites for hydroxylation is 1. The van der Waals surface area contributed by atoms with Crippen LogP contribution in [-0.2, 0) is 6.61 Å². The maximum Gasteiger partial charge on any atom is 0.287 e. The van der Waals surface area contributed by atoms with Crippen molar-refractivity contribution in [1.82, 2.24) is 5.32 Å². The zero-order valence-corrected chi connectivity index (χ0v) is 17.1. The summed E-state index contributed by atoms with van der Waals surface area (Å²) in [7, 11) is 0. The number of nitrogens with zero attached hydrogens (tertiary/aromatic N) is 1. The van der Waals surface area contributed by atoms with E-state index in [1.54, 1.807) is 31.2 Å². The summed E-state index contributed by atoms with van der Waals surface area (Å²) in [6.07, 6.45) is 7.29. The summed E-state index contributed by atoms with van der Waals surface area (Å²) in [6.45, 7) is 1.83. The molecule has 0 saturated heterocycles. The van der Waals surface area contributed by atoms with Crippen molar-refractivity contribution >= 4 is 11.6 Å². The molecule has 4 fully saturated rings. The number of hydrogen-bond acceptors (Lipinski definition) is 5. The highest BCUT2D eigenvalue weighted by molar-refractivity contribution is 5.92. The highest BCUT2D eigenvalue weighted by atomic mass is 16.6. The van der Waals surface area contributed by atoms with Crippen LogP contribution in [0.1, 0.15) is 60.4 Å². The van der Waals surface area contributed by atoms with Crippen molar-refractivity contribution in [2.75, 3.05) is 0 Å². The van der Waals surface area contributed by atoms with E-state index in [1.807, 2.05) is 0 Å². The van der Waals surface area contributed by atoms with Gasteiger partial charge in [0, 0.05) is 17.2 Å². The molecule has 0 spiro atoms. The van der Waals surface area contributed by atoms with Crippen molar-refractivity contribution in [2.45, 2.75) is 57.6 Å². The van der Waals surface area contributed by atoms with Crippen molar-refractivity contribution in [3.63, 3.8) is 0 Å². The Morgan fingerprint density at radius 3 is 2.43 bits per heavy atom. The van der Waals surface area contributed by atoms with E-state index in [4.69, 9.17) is 9.15 Å². The second-order valence-corrected chi connectivity index (χ2v) is 9.41. The highest BCUT2D eigenvalue weighted by Gasteiger charge is 2.51. The number of hydrogen-bond donors (Lipinski definition) is 1. The molecule has 0 unspecified atom stereocenters. The molecule has 2 aromatic rings. The van der Waals surface area contributed by atoms with Gasteiger partial charge in [0.05, 0.1) is 4.92 Å². The lowest BCUT2D eigenvalue weighted by atomic mass is 9.53. The normalized spacial score (nSPS) is 29.0. The van der Waals surface area contributed by atoms with E-state index in [-0.39, 0.29) is 23.7 Å². The number of nitro benzene ring substituents is 1. The van der Waals surface area contributed by atoms with Crippen LogP contribution in [0.25, 0.3) is 0 Å². The minimum absolute atomic E-state index is 0.0500. The number of furan rings is 1. The van der Waals surface area contributed by atoms with Gasteiger partial charge in [-0.1, -0.05) is 0 Å². The van der Waals surface area contributed by atoms with Crippen LogP contribution in [0.2, 0.25) is 0 Å². The molecule has 4 aliphatic carbocycles. The first kappa shape index (κ1) is 19.2. The summed E-state index contributed by atoms with van der Waals surface area (Å²) in [5, 5.41) is 14.2. The lowest BCUT2D eigenvalue weighted by molar-refractivity contribution is -0.385. The minimum atomic E-state index is -0.416. The van der Waals surface area contributed by atoms with E-state index in [1.165, 1.54) is 25.3 Å². The van der Waals surface area contributed by atoms with Gasteiger partial charge in [-0.25, -0.2) is 0 Å². The Morgan fingerprint density at radius 2 is 1.83 bits per heavy atom. The van der Waals surface area contributed by atoms with E-state index in [0.29, 0.717) is 22.8 Å². The SMILES string of the molecule is Cc1cc(OCc2ccc(C(=O)NC34CC5CC(CC(C5)C3)C4)o2)ccc1[N+](=O)[O-]. The molecule has 7 heteroatoms. The third-order valence-electron chi connectivity index (χ3n) is 7.05. The maximum absolute atomic E-state index is 12.9. The van der Waals surface area contributed by atoms with Crippen LogP contribution >= 0.6 is 0 Å². The van der Waals surface area contributed by atoms with Crippen molar-refractivity contribution in [1.29, 1.82) is 0 Å². The zero-order valence-electron chi connectivity index (χ0n) is 17.1. The molecule has 1 aromatic heterocycles. The van der Waals surface area contributed by atoms with Gasteiger partial charge in [-0.3, -0.25) is 14.9 Å². The van der Waals surface area contributed by atoms with Crippen LogP contribution in [-0.4, -0.2) is 16.4 Å². The van der Waals surface area contributed by atoms with Crippen LogP contribution in [0.5, 0.6) is 5.75 Å². The number of nitro groups is 1. The average molecular weight is 410 g/mol.